The zero-order chi connectivity index (χ0) is 15.1. The molecule has 2 aromatic rings. The molecule has 0 aromatic carbocycles. The van der Waals surface area contributed by atoms with E-state index in [1.165, 1.54) is 10.5 Å². The third-order valence-electron chi connectivity index (χ3n) is 3.14. The van der Waals surface area contributed by atoms with Crippen LogP contribution in [0.5, 0.6) is 0 Å². The van der Waals surface area contributed by atoms with Crippen LogP contribution in [0, 0.1) is 0 Å². The van der Waals surface area contributed by atoms with Crippen LogP contribution >= 0.6 is 0 Å². The monoisotopic (exact) mass is 285 g/mol. The molecule has 2 heterocycles. The molecule has 6 heteroatoms. The Labute approximate surface area is 115 Å². The minimum atomic E-state index is -4.36. The maximum atomic E-state index is 12.8. The highest BCUT2D eigenvalue weighted by atomic mass is 19.4. The molecule has 20 heavy (non-hydrogen) atoms. The number of rotatable bonds is 2. The van der Waals surface area contributed by atoms with Crippen LogP contribution in [0.1, 0.15) is 37.7 Å². The second-order valence-electron chi connectivity index (χ2n) is 5.84. The zero-order valence-corrected chi connectivity index (χ0v) is 11.8. The predicted molar refractivity (Wildman–Crippen MR) is 71.7 cm³/mol. The Bertz CT molecular complexity index is 621. The summed E-state index contributed by atoms with van der Waals surface area (Å²) >= 11 is 0. The highest BCUT2D eigenvalue weighted by molar-refractivity contribution is 5.46. The molecular formula is C14H18F3N3. The number of alkyl halides is 3. The lowest BCUT2D eigenvalue weighted by molar-refractivity contribution is -0.137. The minimum absolute atomic E-state index is 0.241. The first-order valence-corrected chi connectivity index (χ1v) is 6.43. The molecule has 0 saturated carbocycles. The molecule has 0 aliphatic rings. The number of halogens is 3. The lowest BCUT2D eigenvalue weighted by Gasteiger charge is -2.17. The normalized spacial score (nSPS) is 13.2. The summed E-state index contributed by atoms with van der Waals surface area (Å²) < 4.78 is 40.0. The van der Waals surface area contributed by atoms with Gasteiger partial charge in [0.15, 0.2) is 0 Å². The van der Waals surface area contributed by atoms with Gasteiger partial charge in [-0.1, -0.05) is 20.8 Å². The van der Waals surface area contributed by atoms with Gasteiger partial charge in [0.2, 0.25) is 0 Å². The number of pyridine rings is 1. The molecule has 0 bridgehead atoms. The van der Waals surface area contributed by atoms with E-state index in [0.29, 0.717) is 18.6 Å². The Morgan fingerprint density at radius 2 is 1.85 bits per heavy atom. The summed E-state index contributed by atoms with van der Waals surface area (Å²) in [5, 5.41) is 0. The fourth-order valence-electron chi connectivity index (χ4n) is 2.24. The molecule has 110 valence electrons. The van der Waals surface area contributed by atoms with E-state index in [-0.39, 0.29) is 5.41 Å². The van der Waals surface area contributed by atoms with Crippen LogP contribution in [-0.4, -0.2) is 15.9 Å². The second kappa shape index (κ2) is 4.77. The van der Waals surface area contributed by atoms with Gasteiger partial charge in [0.05, 0.1) is 11.3 Å². The molecule has 2 aromatic heterocycles. The molecule has 0 fully saturated rings. The van der Waals surface area contributed by atoms with E-state index in [1.807, 2.05) is 20.8 Å². The molecule has 0 aliphatic carbocycles. The minimum Gasteiger partial charge on any atom is -0.330 e. The van der Waals surface area contributed by atoms with Crippen molar-refractivity contribution in [3.8, 4) is 0 Å². The van der Waals surface area contributed by atoms with Crippen LogP contribution in [0.15, 0.2) is 18.3 Å². The molecule has 0 aliphatic heterocycles. The molecule has 0 unspecified atom stereocenters. The molecule has 2 N–H and O–H groups in total. The van der Waals surface area contributed by atoms with Crippen molar-refractivity contribution in [2.45, 2.75) is 38.8 Å². The Balaban J connectivity index is 2.70. The van der Waals surface area contributed by atoms with Gasteiger partial charge in [0.1, 0.15) is 5.65 Å². The lowest BCUT2D eigenvalue weighted by atomic mass is 9.90. The molecule has 0 radical (unpaired) electrons. The summed E-state index contributed by atoms with van der Waals surface area (Å²) in [7, 11) is 0. The molecule has 3 nitrogen and oxygen atoms in total. The van der Waals surface area contributed by atoms with Crippen LogP contribution in [0.25, 0.3) is 5.65 Å². The quantitative estimate of drug-likeness (QED) is 0.921. The van der Waals surface area contributed by atoms with Gasteiger partial charge in [-0.25, -0.2) is 4.98 Å². The summed E-state index contributed by atoms with van der Waals surface area (Å²) in [4.78, 5) is 4.47. The first-order valence-electron chi connectivity index (χ1n) is 6.43. The highest BCUT2D eigenvalue weighted by Crippen LogP contribution is 2.31. The fraction of sp³-hybridized carbons (Fsp3) is 0.500. The van der Waals surface area contributed by atoms with Crippen molar-refractivity contribution >= 4 is 5.65 Å². The Morgan fingerprint density at radius 3 is 2.35 bits per heavy atom. The van der Waals surface area contributed by atoms with Crippen LogP contribution in [-0.2, 0) is 18.0 Å². The standard InChI is InChI=1S/C14H18F3N3/c1-13(2,3)12-10(6-7-18)20-8-9(14(15,16)17)4-5-11(20)19-12/h4-5,8H,6-7,18H2,1-3H3. The van der Waals surface area contributed by atoms with Gasteiger partial charge >= 0.3 is 6.18 Å². The molecule has 2 rings (SSSR count). The number of nitrogens with two attached hydrogens (primary N) is 1. The van der Waals surface area contributed by atoms with Gasteiger partial charge in [0.25, 0.3) is 0 Å². The number of hydrogen-bond donors (Lipinski definition) is 1. The first-order chi connectivity index (χ1) is 9.14. The smallest absolute Gasteiger partial charge is 0.330 e. The van der Waals surface area contributed by atoms with Gasteiger partial charge in [-0.05, 0) is 18.7 Å². The van der Waals surface area contributed by atoms with Gasteiger partial charge in [-0.2, -0.15) is 13.2 Å². The van der Waals surface area contributed by atoms with Crippen molar-refractivity contribution in [2.24, 2.45) is 5.73 Å². The topological polar surface area (TPSA) is 43.3 Å². The van der Waals surface area contributed by atoms with Crippen molar-refractivity contribution in [3.05, 3.63) is 35.3 Å². The van der Waals surface area contributed by atoms with Crippen molar-refractivity contribution in [3.63, 3.8) is 0 Å². The highest BCUT2D eigenvalue weighted by Gasteiger charge is 2.32. The van der Waals surface area contributed by atoms with E-state index in [4.69, 9.17) is 5.73 Å². The maximum Gasteiger partial charge on any atom is 0.417 e. The average Bonchev–Trinajstić information content (AvgIpc) is 2.67. The number of aromatic nitrogens is 2. The maximum absolute atomic E-state index is 12.8. The summed E-state index contributed by atoms with van der Waals surface area (Å²) in [6.45, 7) is 6.32. The molecule has 0 amide bonds. The van der Waals surface area contributed by atoms with Gasteiger partial charge < -0.3 is 10.1 Å². The number of nitrogens with zero attached hydrogens (tertiary/aromatic N) is 2. The predicted octanol–water partition coefficient (Wildman–Crippen LogP) is 3.15. The van der Waals surface area contributed by atoms with Crippen molar-refractivity contribution in [2.75, 3.05) is 6.54 Å². The van der Waals surface area contributed by atoms with Crippen molar-refractivity contribution in [1.82, 2.24) is 9.38 Å². The van der Waals surface area contributed by atoms with E-state index in [9.17, 15) is 13.2 Å². The molecule has 0 atom stereocenters. The molecular weight excluding hydrogens is 267 g/mol. The third kappa shape index (κ3) is 2.65. The fourth-order valence-corrected chi connectivity index (χ4v) is 2.24. The second-order valence-corrected chi connectivity index (χ2v) is 5.84. The van der Waals surface area contributed by atoms with Crippen LogP contribution < -0.4 is 5.73 Å². The largest absolute Gasteiger partial charge is 0.417 e. The summed E-state index contributed by atoms with van der Waals surface area (Å²) in [6.07, 6.45) is -2.77. The molecule has 0 spiro atoms. The zero-order valence-electron chi connectivity index (χ0n) is 11.8. The number of fused-ring (bicyclic) bond motifs is 1. The third-order valence-corrected chi connectivity index (χ3v) is 3.14. The van der Waals surface area contributed by atoms with Crippen LogP contribution in [0.4, 0.5) is 13.2 Å². The Kier molecular flexibility index (Phi) is 3.54. The number of hydrogen-bond acceptors (Lipinski definition) is 2. The average molecular weight is 285 g/mol. The van der Waals surface area contributed by atoms with Gasteiger partial charge in [0, 0.05) is 23.7 Å². The molecule has 0 saturated heterocycles. The summed E-state index contributed by atoms with van der Waals surface area (Å²) in [5.41, 5.74) is 6.73. The van der Waals surface area contributed by atoms with E-state index in [2.05, 4.69) is 4.98 Å². The lowest BCUT2D eigenvalue weighted by Crippen LogP contribution is -2.17. The van der Waals surface area contributed by atoms with E-state index in [1.54, 1.807) is 0 Å². The van der Waals surface area contributed by atoms with Crippen molar-refractivity contribution in [1.29, 1.82) is 0 Å². The van der Waals surface area contributed by atoms with Crippen molar-refractivity contribution < 1.29 is 13.2 Å². The van der Waals surface area contributed by atoms with Gasteiger partial charge in [-0.15, -0.1) is 0 Å². The number of imidazole rings is 1. The first kappa shape index (κ1) is 14.8. The Morgan fingerprint density at radius 1 is 1.20 bits per heavy atom. The van der Waals surface area contributed by atoms with Crippen LogP contribution in [0.3, 0.4) is 0 Å². The van der Waals surface area contributed by atoms with E-state index >= 15 is 0 Å². The summed E-state index contributed by atoms with van der Waals surface area (Å²) in [6, 6.07) is 2.46. The Hall–Kier alpha value is -1.56. The van der Waals surface area contributed by atoms with Crippen LogP contribution in [0.2, 0.25) is 0 Å². The van der Waals surface area contributed by atoms with Gasteiger partial charge in [-0.3, -0.25) is 0 Å². The van der Waals surface area contributed by atoms with E-state index < -0.39 is 11.7 Å². The summed E-state index contributed by atoms with van der Waals surface area (Å²) in [5.74, 6) is 0. The van der Waals surface area contributed by atoms with E-state index in [0.717, 1.165) is 23.7 Å². The SMILES string of the molecule is CC(C)(C)c1nc2ccc(C(F)(F)F)cn2c1CCN.